The fourth-order valence-electron chi connectivity index (χ4n) is 3.24. The molecule has 4 rings (SSSR count). The Morgan fingerprint density at radius 2 is 1.77 bits per heavy atom. The van der Waals surface area contributed by atoms with Crippen LogP contribution in [0.3, 0.4) is 0 Å². The third-order valence-corrected chi connectivity index (χ3v) is 4.95. The second-order valence-corrected chi connectivity index (χ2v) is 7.07. The SMILES string of the molecule is O=C(NC1(c2ccc(C(F)(F)F)c(F)c2)CC1)c1cc(=O)[nH]c(-c2ccccc2)n1. The summed E-state index contributed by atoms with van der Waals surface area (Å²) < 4.78 is 52.3. The van der Waals surface area contributed by atoms with Gasteiger partial charge in [-0.15, -0.1) is 0 Å². The highest BCUT2D eigenvalue weighted by atomic mass is 19.4. The van der Waals surface area contributed by atoms with Crippen molar-refractivity contribution in [3.8, 4) is 11.4 Å². The number of aromatic amines is 1. The second kappa shape index (κ2) is 7.08. The van der Waals surface area contributed by atoms with Gasteiger partial charge in [-0.05, 0) is 30.5 Å². The Kier molecular flexibility index (Phi) is 4.68. The maximum Gasteiger partial charge on any atom is 0.419 e. The summed E-state index contributed by atoms with van der Waals surface area (Å²) in [7, 11) is 0. The van der Waals surface area contributed by atoms with Gasteiger partial charge in [0.25, 0.3) is 11.5 Å². The van der Waals surface area contributed by atoms with E-state index >= 15 is 0 Å². The summed E-state index contributed by atoms with van der Waals surface area (Å²) in [4.78, 5) is 31.4. The van der Waals surface area contributed by atoms with Crippen LogP contribution in [0.25, 0.3) is 11.4 Å². The Morgan fingerprint density at radius 1 is 1.07 bits per heavy atom. The number of carbonyl (C=O) groups excluding carboxylic acids is 1. The molecule has 154 valence electrons. The average molecular weight is 417 g/mol. The quantitative estimate of drug-likeness (QED) is 0.630. The molecule has 0 spiro atoms. The lowest BCUT2D eigenvalue weighted by Gasteiger charge is -2.19. The molecule has 1 aliphatic rings. The number of carbonyl (C=O) groups is 1. The molecular weight excluding hydrogens is 402 g/mol. The zero-order chi connectivity index (χ0) is 21.5. The molecule has 1 saturated carbocycles. The van der Waals surface area contributed by atoms with Crippen molar-refractivity contribution in [2.24, 2.45) is 0 Å². The molecule has 1 aromatic heterocycles. The molecule has 2 N–H and O–H groups in total. The first-order chi connectivity index (χ1) is 14.2. The molecule has 0 atom stereocenters. The van der Waals surface area contributed by atoms with Gasteiger partial charge in [0.05, 0.1) is 11.1 Å². The lowest BCUT2D eigenvalue weighted by molar-refractivity contribution is -0.140. The molecule has 1 amide bonds. The predicted molar refractivity (Wildman–Crippen MR) is 100 cm³/mol. The number of amides is 1. The molecule has 0 unspecified atom stereocenters. The van der Waals surface area contributed by atoms with E-state index in [2.05, 4.69) is 15.3 Å². The normalized spacial score (nSPS) is 14.9. The molecule has 9 heteroatoms. The number of H-pyrrole nitrogens is 1. The molecular formula is C21H15F4N3O2. The number of hydrogen-bond acceptors (Lipinski definition) is 3. The maximum atomic E-state index is 14.0. The van der Waals surface area contributed by atoms with Crippen LogP contribution >= 0.6 is 0 Å². The zero-order valence-corrected chi connectivity index (χ0v) is 15.4. The Balaban J connectivity index is 1.61. The van der Waals surface area contributed by atoms with Gasteiger partial charge in [0.1, 0.15) is 17.3 Å². The summed E-state index contributed by atoms with van der Waals surface area (Å²) >= 11 is 0. The van der Waals surface area contributed by atoms with Gasteiger partial charge in [0.15, 0.2) is 0 Å². The van der Waals surface area contributed by atoms with Crippen molar-refractivity contribution >= 4 is 5.91 Å². The molecule has 3 aromatic rings. The van der Waals surface area contributed by atoms with Crippen LogP contribution in [0, 0.1) is 5.82 Å². The van der Waals surface area contributed by atoms with Gasteiger partial charge in [0.2, 0.25) is 0 Å². The van der Waals surface area contributed by atoms with Crippen molar-refractivity contribution in [3.63, 3.8) is 0 Å². The third kappa shape index (κ3) is 3.83. The van der Waals surface area contributed by atoms with Crippen LogP contribution in [-0.2, 0) is 11.7 Å². The molecule has 5 nitrogen and oxygen atoms in total. The lowest BCUT2D eigenvalue weighted by Crippen LogP contribution is -2.36. The van der Waals surface area contributed by atoms with E-state index in [1.807, 2.05) is 0 Å². The van der Waals surface area contributed by atoms with Crippen LogP contribution in [0.15, 0.2) is 59.4 Å². The number of nitrogens with one attached hydrogen (secondary N) is 2. The number of nitrogens with zero attached hydrogens (tertiary/aromatic N) is 1. The van der Waals surface area contributed by atoms with E-state index in [0.717, 1.165) is 18.2 Å². The Morgan fingerprint density at radius 3 is 2.37 bits per heavy atom. The predicted octanol–water partition coefficient (Wildman–Crippen LogP) is 4.01. The Labute approximate surface area is 167 Å². The third-order valence-electron chi connectivity index (χ3n) is 4.95. The smallest absolute Gasteiger partial charge is 0.341 e. The molecule has 0 radical (unpaired) electrons. The molecule has 0 aliphatic heterocycles. The fraction of sp³-hybridized carbons (Fsp3) is 0.190. The van der Waals surface area contributed by atoms with E-state index in [0.29, 0.717) is 24.5 Å². The van der Waals surface area contributed by atoms with E-state index in [9.17, 15) is 27.2 Å². The van der Waals surface area contributed by atoms with Crippen LogP contribution in [0.5, 0.6) is 0 Å². The topological polar surface area (TPSA) is 74.8 Å². The summed E-state index contributed by atoms with van der Waals surface area (Å²) in [6, 6.07) is 12.4. The van der Waals surface area contributed by atoms with Gasteiger partial charge in [-0.1, -0.05) is 36.4 Å². The first-order valence-corrected chi connectivity index (χ1v) is 9.04. The first kappa shape index (κ1) is 19.8. The summed E-state index contributed by atoms with van der Waals surface area (Å²) in [6.07, 6.45) is -3.94. The van der Waals surface area contributed by atoms with E-state index in [1.54, 1.807) is 30.3 Å². The molecule has 1 fully saturated rings. The van der Waals surface area contributed by atoms with Crippen LogP contribution in [0.4, 0.5) is 17.6 Å². The summed E-state index contributed by atoms with van der Waals surface area (Å²) in [6.45, 7) is 0. The molecule has 2 aromatic carbocycles. The Hall–Kier alpha value is -3.49. The largest absolute Gasteiger partial charge is 0.419 e. The van der Waals surface area contributed by atoms with Crippen LogP contribution < -0.4 is 10.9 Å². The van der Waals surface area contributed by atoms with Crippen molar-refractivity contribution < 1.29 is 22.4 Å². The van der Waals surface area contributed by atoms with Gasteiger partial charge >= 0.3 is 6.18 Å². The van der Waals surface area contributed by atoms with Gasteiger partial charge in [0, 0.05) is 11.6 Å². The minimum absolute atomic E-state index is 0.142. The summed E-state index contributed by atoms with van der Waals surface area (Å²) in [5, 5.41) is 2.69. The first-order valence-electron chi connectivity index (χ1n) is 9.04. The van der Waals surface area contributed by atoms with Crippen LogP contribution in [0.2, 0.25) is 0 Å². The number of rotatable bonds is 4. The lowest BCUT2D eigenvalue weighted by atomic mass is 10.0. The standard InChI is InChI=1S/C21H15F4N3O2/c22-15-10-13(6-7-14(15)21(23,24)25)20(8-9-20)28-19(30)16-11-17(29)27-18(26-16)12-4-2-1-3-5-12/h1-7,10-11H,8-9H2,(H,28,30)(H,26,27,29). The van der Waals surface area contributed by atoms with Crippen molar-refractivity contribution in [2.75, 3.05) is 0 Å². The monoisotopic (exact) mass is 417 g/mol. The maximum absolute atomic E-state index is 14.0. The highest BCUT2D eigenvalue weighted by Gasteiger charge is 2.47. The van der Waals surface area contributed by atoms with Crippen molar-refractivity contribution in [1.82, 2.24) is 15.3 Å². The van der Waals surface area contributed by atoms with Crippen molar-refractivity contribution in [1.29, 1.82) is 0 Å². The van der Waals surface area contributed by atoms with Crippen molar-refractivity contribution in [3.05, 3.63) is 87.6 Å². The van der Waals surface area contributed by atoms with E-state index in [-0.39, 0.29) is 17.1 Å². The molecule has 1 heterocycles. The summed E-state index contributed by atoms with van der Waals surface area (Å²) in [5.41, 5.74) is -2.18. The van der Waals surface area contributed by atoms with Crippen LogP contribution in [-0.4, -0.2) is 15.9 Å². The van der Waals surface area contributed by atoms with Gasteiger partial charge < -0.3 is 10.3 Å². The number of benzene rings is 2. The van der Waals surface area contributed by atoms with E-state index in [4.69, 9.17) is 0 Å². The number of halogens is 4. The van der Waals surface area contributed by atoms with E-state index < -0.39 is 34.6 Å². The highest BCUT2D eigenvalue weighted by molar-refractivity contribution is 5.93. The number of alkyl halides is 3. The average Bonchev–Trinajstić information content (AvgIpc) is 3.48. The van der Waals surface area contributed by atoms with Gasteiger partial charge in [-0.2, -0.15) is 13.2 Å². The molecule has 0 saturated heterocycles. The second-order valence-electron chi connectivity index (χ2n) is 7.07. The highest BCUT2D eigenvalue weighted by Crippen LogP contribution is 2.46. The zero-order valence-electron chi connectivity index (χ0n) is 15.4. The van der Waals surface area contributed by atoms with E-state index in [1.165, 1.54) is 0 Å². The fourth-order valence-corrected chi connectivity index (χ4v) is 3.24. The van der Waals surface area contributed by atoms with Crippen molar-refractivity contribution in [2.45, 2.75) is 24.6 Å². The molecule has 0 bridgehead atoms. The minimum atomic E-state index is -4.80. The molecule has 30 heavy (non-hydrogen) atoms. The van der Waals surface area contributed by atoms with Gasteiger partial charge in [-0.3, -0.25) is 9.59 Å². The number of hydrogen-bond donors (Lipinski definition) is 2. The molecule has 1 aliphatic carbocycles. The number of aromatic nitrogens is 2. The Bertz CT molecular complexity index is 1170. The minimum Gasteiger partial charge on any atom is -0.341 e. The summed E-state index contributed by atoms with van der Waals surface area (Å²) in [5.74, 6) is -1.86. The van der Waals surface area contributed by atoms with Gasteiger partial charge in [-0.25, -0.2) is 9.37 Å². The van der Waals surface area contributed by atoms with Crippen LogP contribution in [0.1, 0.15) is 34.5 Å².